The Hall–Kier alpha value is -2.39. The van der Waals surface area contributed by atoms with Gasteiger partial charge in [-0.05, 0) is 44.0 Å². The number of pyridine rings is 1. The fourth-order valence-corrected chi connectivity index (χ4v) is 3.56. The van der Waals surface area contributed by atoms with Crippen LogP contribution < -0.4 is 5.32 Å². The highest BCUT2D eigenvalue weighted by Crippen LogP contribution is 2.27. The van der Waals surface area contributed by atoms with Gasteiger partial charge in [-0.25, -0.2) is 4.98 Å². The van der Waals surface area contributed by atoms with Gasteiger partial charge < -0.3 is 14.6 Å². The number of rotatable bonds is 2. The first-order valence-corrected chi connectivity index (χ1v) is 7.65. The molecule has 0 unspecified atom stereocenters. The molecule has 112 valence electrons. The van der Waals surface area contributed by atoms with Crippen LogP contribution in [0, 0.1) is 17.2 Å². The number of nitriles is 1. The summed E-state index contributed by atoms with van der Waals surface area (Å²) >= 11 is 0. The molecule has 2 bridgehead atoms. The number of carbonyl (C=O) groups excluding carboxylic acids is 1. The molecule has 2 aromatic heterocycles. The average molecular weight is 295 g/mol. The molecule has 3 fully saturated rings. The van der Waals surface area contributed by atoms with E-state index in [-0.39, 0.29) is 11.9 Å². The predicted molar refractivity (Wildman–Crippen MR) is 80.3 cm³/mol. The average Bonchev–Trinajstić information content (AvgIpc) is 2.98. The van der Waals surface area contributed by atoms with E-state index >= 15 is 0 Å². The van der Waals surface area contributed by atoms with Gasteiger partial charge in [-0.1, -0.05) is 0 Å². The molecule has 3 aliphatic rings. The van der Waals surface area contributed by atoms with Crippen LogP contribution in [0.3, 0.4) is 0 Å². The molecule has 5 rings (SSSR count). The van der Waals surface area contributed by atoms with Crippen LogP contribution >= 0.6 is 0 Å². The minimum Gasteiger partial charge on any atom is -0.348 e. The van der Waals surface area contributed by atoms with E-state index in [1.807, 2.05) is 6.07 Å². The SMILES string of the molecule is N#Cc1cn2cc(C(=O)N[C@H]3CN4CCC3CC4)ccc2n1. The Morgan fingerprint density at radius 1 is 1.32 bits per heavy atom. The van der Waals surface area contributed by atoms with Crippen molar-refractivity contribution in [1.29, 1.82) is 5.26 Å². The fourth-order valence-electron chi connectivity index (χ4n) is 3.56. The molecule has 2 aromatic rings. The van der Waals surface area contributed by atoms with Gasteiger partial charge in [-0.3, -0.25) is 4.79 Å². The Morgan fingerprint density at radius 2 is 2.14 bits per heavy atom. The molecule has 0 aromatic carbocycles. The number of fused-ring (bicyclic) bond motifs is 4. The summed E-state index contributed by atoms with van der Waals surface area (Å²) in [7, 11) is 0. The molecule has 0 spiro atoms. The molecule has 0 radical (unpaired) electrons. The number of carbonyl (C=O) groups is 1. The zero-order valence-electron chi connectivity index (χ0n) is 12.2. The monoisotopic (exact) mass is 295 g/mol. The Kier molecular flexibility index (Phi) is 3.09. The topological polar surface area (TPSA) is 73.4 Å². The summed E-state index contributed by atoms with van der Waals surface area (Å²) in [6, 6.07) is 5.80. The maximum atomic E-state index is 12.5. The Labute approximate surface area is 128 Å². The highest BCUT2D eigenvalue weighted by Gasteiger charge is 2.34. The number of aromatic nitrogens is 2. The highest BCUT2D eigenvalue weighted by atomic mass is 16.1. The van der Waals surface area contributed by atoms with Crippen molar-refractivity contribution in [3.05, 3.63) is 35.8 Å². The number of nitrogens with zero attached hydrogens (tertiary/aromatic N) is 4. The Bertz CT molecular complexity index is 766. The van der Waals surface area contributed by atoms with E-state index in [1.54, 1.807) is 28.9 Å². The van der Waals surface area contributed by atoms with Gasteiger partial charge in [-0.2, -0.15) is 5.26 Å². The van der Waals surface area contributed by atoms with Crippen molar-refractivity contribution < 1.29 is 4.79 Å². The smallest absolute Gasteiger partial charge is 0.253 e. The summed E-state index contributed by atoms with van der Waals surface area (Å²) in [6.45, 7) is 3.28. The Morgan fingerprint density at radius 3 is 2.82 bits per heavy atom. The number of piperidine rings is 3. The van der Waals surface area contributed by atoms with Crippen LogP contribution in [0.5, 0.6) is 0 Å². The molecule has 6 nitrogen and oxygen atoms in total. The summed E-state index contributed by atoms with van der Waals surface area (Å²) in [5.41, 5.74) is 1.64. The molecule has 0 saturated carbocycles. The lowest BCUT2D eigenvalue weighted by molar-refractivity contribution is 0.0620. The van der Waals surface area contributed by atoms with E-state index in [2.05, 4.69) is 15.2 Å². The van der Waals surface area contributed by atoms with Gasteiger partial charge >= 0.3 is 0 Å². The lowest BCUT2D eigenvalue weighted by Crippen LogP contribution is -2.57. The van der Waals surface area contributed by atoms with Crippen molar-refractivity contribution in [3.8, 4) is 6.07 Å². The first kappa shape index (κ1) is 13.3. The van der Waals surface area contributed by atoms with E-state index in [4.69, 9.17) is 5.26 Å². The lowest BCUT2D eigenvalue weighted by atomic mass is 9.84. The van der Waals surface area contributed by atoms with Crippen molar-refractivity contribution in [1.82, 2.24) is 19.6 Å². The molecule has 1 N–H and O–H groups in total. The number of hydrogen-bond acceptors (Lipinski definition) is 4. The quantitative estimate of drug-likeness (QED) is 0.898. The van der Waals surface area contributed by atoms with Gasteiger partial charge in [0, 0.05) is 25.0 Å². The van der Waals surface area contributed by atoms with Crippen LogP contribution in [0.2, 0.25) is 0 Å². The molecular weight excluding hydrogens is 278 g/mol. The second-order valence-corrected chi connectivity index (χ2v) is 6.14. The molecule has 3 aliphatic heterocycles. The van der Waals surface area contributed by atoms with Gasteiger partial charge in [0.2, 0.25) is 0 Å². The zero-order chi connectivity index (χ0) is 15.1. The number of imidazole rings is 1. The van der Waals surface area contributed by atoms with Crippen molar-refractivity contribution in [2.45, 2.75) is 18.9 Å². The van der Waals surface area contributed by atoms with Crippen LogP contribution in [-0.4, -0.2) is 45.9 Å². The first-order chi connectivity index (χ1) is 10.7. The summed E-state index contributed by atoms with van der Waals surface area (Å²) in [6.07, 6.45) is 5.73. The maximum Gasteiger partial charge on any atom is 0.253 e. The normalized spacial score (nSPS) is 26.8. The number of nitrogens with one attached hydrogen (secondary N) is 1. The third-order valence-corrected chi connectivity index (χ3v) is 4.80. The van der Waals surface area contributed by atoms with Gasteiger partial charge in [0.05, 0.1) is 5.56 Å². The molecule has 1 atom stereocenters. The summed E-state index contributed by atoms with van der Waals surface area (Å²) in [5.74, 6) is 0.559. The van der Waals surface area contributed by atoms with E-state index < -0.39 is 0 Å². The molecule has 1 amide bonds. The second kappa shape index (κ2) is 5.11. The lowest BCUT2D eigenvalue weighted by Gasteiger charge is -2.44. The van der Waals surface area contributed by atoms with E-state index in [0.29, 0.717) is 22.8 Å². The molecule has 22 heavy (non-hydrogen) atoms. The summed E-state index contributed by atoms with van der Waals surface area (Å²) in [5, 5.41) is 12.1. The molecule has 3 saturated heterocycles. The van der Waals surface area contributed by atoms with Crippen molar-refractivity contribution >= 4 is 11.6 Å². The third kappa shape index (κ3) is 2.24. The van der Waals surface area contributed by atoms with Crippen LogP contribution in [0.15, 0.2) is 24.5 Å². The largest absolute Gasteiger partial charge is 0.348 e. The van der Waals surface area contributed by atoms with E-state index in [1.165, 1.54) is 12.8 Å². The predicted octanol–water partition coefficient (Wildman–Crippen LogP) is 1.03. The van der Waals surface area contributed by atoms with Crippen molar-refractivity contribution in [3.63, 3.8) is 0 Å². The minimum atomic E-state index is -0.0483. The van der Waals surface area contributed by atoms with Gasteiger partial charge in [0.1, 0.15) is 11.7 Å². The summed E-state index contributed by atoms with van der Waals surface area (Å²) in [4.78, 5) is 19.0. The maximum absolute atomic E-state index is 12.5. The minimum absolute atomic E-state index is 0.0483. The van der Waals surface area contributed by atoms with Gasteiger partial charge in [-0.15, -0.1) is 0 Å². The van der Waals surface area contributed by atoms with Crippen LogP contribution in [0.1, 0.15) is 28.9 Å². The fraction of sp³-hybridized carbons (Fsp3) is 0.438. The van der Waals surface area contributed by atoms with Gasteiger partial charge in [0.25, 0.3) is 5.91 Å². The number of amides is 1. The summed E-state index contributed by atoms with van der Waals surface area (Å²) < 4.78 is 1.73. The highest BCUT2D eigenvalue weighted by molar-refractivity contribution is 5.94. The molecule has 5 heterocycles. The van der Waals surface area contributed by atoms with Crippen LogP contribution in [0.25, 0.3) is 5.65 Å². The molecule has 6 heteroatoms. The van der Waals surface area contributed by atoms with Crippen molar-refractivity contribution in [2.75, 3.05) is 19.6 Å². The van der Waals surface area contributed by atoms with Crippen molar-refractivity contribution in [2.24, 2.45) is 5.92 Å². The molecular formula is C16H17N5O. The first-order valence-electron chi connectivity index (χ1n) is 7.65. The zero-order valence-corrected chi connectivity index (χ0v) is 12.2. The van der Waals surface area contributed by atoms with Gasteiger partial charge in [0.15, 0.2) is 5.69 Å². The molecule has 0 aliphatic carbocycles. The van der Waals surface area contributed by atoms with Crippen LogP contribution in [-0.2, 0) is 0 Å². The standard InChI is InChI=1S/C16H17N5O/c17-7-13-9-21-8-12(1-2-15(21)18-13)16(22)19-14-10-20-5-3-11(14)4-6-20/h1-2,8-9,11,14H,3-6,10H2,(H,19,22)/t14-/m0/s1. The third-order valence-electron chi connectivity index (χ3n) is 4.80. The van der Waals surface area contributed by atoms with E-state index in [0.717, 1.165) is 19.6 Å². The Balaban J connectivity index is 1.54. The van der Waals surface area contributed by atoms with Crippen LogP contribution in [0.4, 0.5) is 0 Å². The van der Waals surface area contributed by atoms with E-state index in [9.17, 15) is 4.79 Å². The number of hydrogen-bond donors (Lipinski definition) is 1. The second-order valence-electron chi connectivity index (χ2n) is 6.14.